The second kappa shape index (κ2) is 7.19. The van der Waals surface area contributed by atoms with Crippen molar-refractivity contribution in [2.45, 2.75) is 28.9 Å². The molecule has 0 aliphatic carbocycles. The first-order valence-electron chi connectivity index (χ1n) is 7.10. The van der Waals surface area contributed by atoms with Crippen molar-refractivity contribution >= 4 is 33.2 Å². The van der Waals surface area contributed by atoms with Gasteiger partial charge < -0.3 is 5.32 Å². The Balaban J connectivity index is 2.05. The van der Waals surface area contributed by atoms with Crippen molar-refractivity contribution in [1.29, 1.82) is 0 Å². The van der Waals surface area contributed by atoms with Gasteiger partial charge in [-0.25, -0.2) is 8.42 Å². The number of carbonyl (C=O) groups excluding carboxylic acids is 1. The van der Waals surface area contributed by atoms with Crippen molar-refractivity contribution in [2.75, 3.05) is 11.6 Å². The third kappa shape index (κ3) is 5.11. The molecule has 0 unspecified atom stereocenters. The highest BCUT2D eigenvalue weighted by atomic mass is 32.2. The van der Waals surface area contributed by atoms with Gasteiger partial charge in [0.1, 0.15) is 0 Å². The number of aryl methyl sites for hydroxylation is 1. The van der Waals surface area contributed by atoms with Gasteiger partial charge in [0.25, 0.3) is 0 Å². The fourth-order valence-corrected chi connectivity index (χ4v) is 3.46. The molecule has 0 saturated heterocycles. The fourth-order valence-electron chi connectivity index (χ4n) is 1.92. The molecule has 1 amide bonds. The number of nitrogens with one attached hydrogen (secondary N) is 1. The van der Waals surface area contributed by atoms with Gasteiger partial charge in [0, 0.05) is 16.8 Å². The lowest BCUT2D eigenvalue weighted by atomic mass is 10.2. The van der Waals surface area contributed by atoms with Crippen LogP contribution in [0.5, 0.6) is 0 Å². The molecule has 0 aliphatic heterocycles. The van der Waals surface area contributed by atoms with E-state index in [2.05, 4.69) is 5.32 Å². The number of hydrogen-bond acceptors (Lipinski definition) is 4. The summed E-state index contributed by atoms with van der Waals surface area (Å²) in [6.45, 7) is 3.83. The van der Waals surface area contributed by atoms with Crippen molar-refractivity contribution in [3.63, 3.8) is 0 Å². The van der Waals surface area contributed by atoms with Crippen LogP contribution in [0.3, 0.4) is 0 Å². The summed E-state index contributed by atoms with van der Waals surface area (Å²) < 4.78 is 23.1. The van der Waals surface area contributed by atoms with Crippen LogP contribution in [0, 0.1) is 6.92 Å². The lowest BCUT2D eigenvalue weighted by molar-refractivity contribution is -0.115. The predicted molar refractivity (Wildman–Crippen MR) is 94.7 cm³/mol. The number of thioether (sulfide) groups is 1. The molecule has 0 aliphatic rings. The molecule has 2 aromatic carbocycles. The first-order valence-corrected chi connectivity index (χ1v) is 9.87. The van der Waals surface area contributed by atoms with E-state index < -0.39 is 9.84 Å². The zero-order valence-electron chi connectivity index (χ0n) is 13.2. The monoisotopic (exact) mass is 349 g/mol. The molecule has 0 radical (unpaired) electrons. The Labute approximate surface area is 141 Å². The normalized spacial score (nSPS) is 12.7. The number of benzene rings is 2. The van der Waals surface area contributed by atoms with Crippen molar-refractivity contribution in [3.05, 3.63) is 54.1 Å². The molecule has 0 saturated carbocycles. The molecule has 1 atom stereocenters. The Morgan fingerprint density at radius 2 is 1.78 bits per heavy atom. The van der Waals surface area contributed by atoms with E-state index >= 15 is 0 Å². The molecule has 1 N–H and O–H groups in total. The van der Waals surface area contributed by atoms with Crippen molar-refractivity contribution in [3.8, 4) is 0 Å². The second-order valence-electron chi connectivity index (χ2n) is 5.36. The summed E-state index contributed by atoms with van der Waals surface area (Å²) in [5.74, 6) is -0.166. The average Bonchev–Trinajstić information content (AvgIpc) is 2.49. The minimum absolute atomic E-state index is 0.166. The first-order chi connectivity index (χ1) is 10.8. The van der Waals surface area contributed by atoms with Gasteiger partial charge >= 0.3 is 0 Å². The van der Waals surface area contributed by atoms with Gasteiger partial charge in [-0.05, 0) is 44.2 Å². The molecule has 0 aromatic heterocycles. The highest BCUT2D eigenvalue weighted by Gasteiger charge is 2.15. The Bertz CT molecular complexity index is 799. The summed E-state index contributed by atoms with van der Waals surface area (Å²) >= 11 is 1.46. The summed E-state index contributed by atoms with van der Waals surface area (Å²) in [6, 6.07) is 14.2. The van der Waals surface area contributed by atoms with Crippen molar-refractivity contribution < 1.29 is 13.2 Å². The molecule has 122 valence electrons. The molecule has 2 aromatic rings. The van der Waals surface area contributed by atoms with Gasteiger partial charge in [-0.15, -0.1) is 11.8 Å². The SMILES string of the molecule is Cc1ccc(S[C@@H](C)C(=O)Nc2cccc(S(C)(=O)=O)c2)cc1. The largest absolute Gasteiger partial charge is 0.325 e. The maximum atomic E-state index is 12.3. The molecular weight excluding hydrogens is 330 g/mol. The Morgan fingerprint density at radius 3 is 2.39 bits per heavy atom. The predicted octanol–water partition coefficient (Wildman–Crippen LogP) is 3.52. The molecule has 0 fully saturated rings. The van der Waals surface area contributed by atoms with E-state index in [4.69, 9.17) is 0 Å². The number of rotatable bonds is 5. The third-order valence-electron chi connectivity index (χ3n) is 3.23. The Kier molecular flexibility index (Phi) is 5.49. The van der Waals surface area contributed by atoms with Crippen LogP contribution >= 0.6 is 11.8 Å². The number of carbonyl (C=O) groups is 1. The highest BCUT2D eigenvalue weighted by Crippen LogP contribution is 2.25. The molecule has 0 spiro atoms. The van der Waals surface area contributed by atoms with Crippen LogP contribution in [0.2, 0.25) is 0 Å². The summed E-state index contributed by atoms with van der Waals surface area (Å²) in [6.07, 6.45) is 1.14. The van der Waals surface area contributed by atoms with Crippen LogP contribution in [0.4, 0.5) is 5.69 Å². The summed E-state index contributed by atoms with van der Waals surface area (Å²) in [5.41, 5.74) is 1.65. The van der Waals surface area contributed by atoms with Crippen LogP contribution in [0.1, 0.15) is 12.5 Å². The van der Waals surface area contributed by atoms with Crippen LogP contribution in [-0.4, -0.2) is 25.8 Å². The summed E-state index contributed by atoms with van der Waals surface area (Å²) in [4.78, 5) is 13.5. The Hall–Kier alpha value is -1.79. The molecule has 6 heteroatoms. The maximum Gasteiger partial charge on any atom is 0.237 e. The molecule has 4 nitrogen and oxygen atoms in total. The van der Waals surface area contributed by atoms with Crippen LogP contribution in [-0.2, 0) is 14.6 Å². The van der Waals surface area contributed by atoms with Gasteiger partial charge in [0.15, 0.2) is 9.84 Å². The van der Waals surface area contributed by atoms with E-state index in [9.17, 15) is 13.2 Å². The van der Waals surface area contributed by atoms with Gasteiger partial charge in [0.2, 0.25) is 5.91 Å². The lowest BCUT2D eigenvalue weighted by Crippen LogP contribution is -2.22. The van der Waals surface area contributed by atoms with Crippen LogP contribution < -0.4 is 5.32 Å². The number of anilines is 1. The van der Waals surface area contributed by atoms with Crippen LogP contribution in [0.15, 0.2) is 58.3 Å². The minimum atomic E-state index is -3.29. The van der Waals surface area contributed by atoms with E-state index in [0.717, 1.165) is 11.2 Å². The number of hydrogen-bond donors (Lipinski definition) is 1. The molecule has 0 heterocycles. The van der Waals surface area contributed by atoms with Gasteiger partial charge in [-0.1, -0.05) is 23.8 Å². The summed E-state index contributed by atoms with van der Waals surface area (Å²) in [5, 5.41) is 2.47. The van der Waals surface area contributed by atoms with E-state index in [0.29, 0.717) is 5.69 Å². The first kappa shape index (κ1) is 17.6. The highest BCUT2D eigenvalue weighted by molar-refractivity contribution is 8.00. The van der Waals surface area contributed by atoms with Crippen molar-refractivity contribution in [1.82, 2.24) is 0 Å². The smallest absolute Gasteiger partial charge is 0.237 e. The Morgan fingerprint density at radius 1 is 1.13 bits per heavy atom. The van der Waals surface area contributed by atoms with E-state index in [1.54, 1.807) is 12.1 Å². The minimum Gasteiger partial charge on any atom is -0.325 e. The molecule has 0 bridgehead atoms. The van der Waals surface area contributed by atoms with Gasteiger partial charge in [-0.2, -0.15) is 0 Å². The van der Waals surface area contributed by atoms with Gasteiger partial charge in [0.05, 0.1) is 10.1 Å². The second-order valence-corrected chi connectivity index (χ2v) is 8.79. The standard InChI is InChI=1S/C17H19NO3S2/c1-12-7-9-15(10-8-12)22-13(2)17(19)18-14-5-4-6-16(11-14)23(3,20)21/h4-11,13H,1-3H3,(H,18,19)/t13-/m0/s1. The molecular formula is C17H19NO3S2. The topological polar surface area (TPSA) is 63.2 Å². The van der Waals surface area contributed by atoms with E-state index in [1.807, 2.05) is 38.1 Å². The maximum absolute atomic E-state index is 12.3. The molecule has 2 rings (SSSR count). The fraction of sp³-hybridized carbons (Fsp3) is 0.235. The quantitative estimate of drug-likeness (QED) is 0.839. The third-order valence-corrected chi connectivity index (χ3v) is 5.45. The van der Waals surface area contributed by atoms with E-state index in [1.165, 1.54) is 29.5 Å². The van der Waals surface area contributed by atoms with Gasteiger partial charge in [-0.3, -0.25) is 4.79 Å². The van der Waals surface area contributed by atoms with E-state index in [-0.39, 0.29) is 16.1 Å². The average molecular weight is 349 g/mol. The number of amides is 1. The lowest BCUT2D eigenvalue weighted by Gasteiger charge is -2.12. The zero-order chi connectivity index (χ0) is 17.0. The molecule has 23 heavy (non-hydrogen) atoms. The zero-order valence-corrected chi connectivity index (χ0v) is 14.9. The number of sulfone groups is 1. The van der Waals surface area contributed by atoms with Crippen LogP contribution in [0.25, 0.3) is 0 Å². The summed E-state index contributed by atoms with van der Waals surface area (Å²) in [7, 11) is -3.29. The van der Waals surface area contributed by atoms with Crippen molar-refractivity contribution in [2.24, 2.45) is 0 Å².